The number of aromatic nitrogens is 1. The predicted octanol–water partition coefficient (Wildman–Crippen LogP) is 18.5. The van der Waals surface area contributed by atoms with Gasteiger partial charge in [0.15, 0.2) is 0 Å². The molecule has 0 saturated heterocycles. The summed E-state index contributed by atoms with van der Waals surface area (Å²) in [5.41, 5.74) is 27.1. The van der Waals surface area contributed by atoms with Crippen LogP contribution in [0.2, 0.25) is 0 Å². The van der Waals surface area contributed by atoms with E-state index in [0.717, 1.165) is 22.7 Å². The first kappa shape index (κ1) is 51.0. The number of nitrogens with zero attached hydrogens (tertiary/aromatic N) is 4. The van der Waals surface area contributed by atoms with Crippen molar-refractivity contribution >= 4 is 96.1 Å². The highest BCUT2D eigenvalue weighted by Gasteiger charge is 2.44. The van der Waals surface area contributed by atoms with Gasteiger partial charge in [-0.15, -0.1) is 0 Å². The molecule has 0 amide bonds. The highest BCUT2D eigenvalue weighted by molar-refractivity contribution is 7.00. The Balaban J connectivity index is 1.15. The Morgan fingerprint density at radius 1 is 0.359 bits per heavy atom. The minimum absolute atomic E-state index is 0.00381. The third-order valence-electron chi connectivity index (χ3n) is 16.8. The molecule has 0 saturated carbocycles. The summed E-state index contributed by atoms with van der Waals surface area (Å²) in [6, 6.07) is 70.0. The summed E-state index contributed by atoms with van der Waals surface area (Å²) in [5, 5.41) is 2.48. The largest absolute Gasteiger partial charge is 0.311 e. The number of hydrogen-bond acceptors (Lipinski definition) is 3. The maximum absolute atomic E-state index is 2.58. The van der Waals surface area contributed by atoms with Gasteiger partial charge in [-0.1, -0.05) is 180 Å². The molecule has 390 valence electrons. The SMILES string of the molecule is Cc1cc2c3c(c1)N(c1ccc(C(C)(C)C)cc1)c1cc(C(C)(C)C)ccc1B3c1ccc(N(c3ccc4c5ccccc5n(-c5ccccc5)c4c3)c3c(C)cc(C(C)(C)C)cc3C)cc1N2c1ccc(C(C)(C)C)cc1. The van der Waals surface area contributed by atoms with Gasteiger partial charge < -0.3 is 19.3 Å². The normalized spacial score (nSPS) is 13.5. The number of hydrogen-bond donors (Lipinski definition) is 0. The molecule has 1 aromatic heterocycles. The highest BCUT2D eigenvalue weighted by Crippen LogP contribution is 2.49. The van der Waals surface area contributed by atoms with Crippen LogP contribution >= 0.6 is 0 Å². The van der Waals surface area contributed by atoms with Crippen LogP contribution in [0.15, 0.2) is 182 Å². The molecule has 3 heterocycles. The number of anilines is 9. The molecule has 0 radical (unpaired) electrons. The van der Waals surface area contributed by atoms with Crippen molar-refractivity contribution in [2.45, 2.75) is 126 Å². The van der Waals surface area contributed by atoms with E-state index in [0.29, 0.717) is 0 Å². The maximum Gasteiger partial charge on any atom is 0.252 e. The smallest absolute Gasteiger partial charge is 0.252 e. The zero-order valence-electron chi connectivity index (χ0n) is 48.7. The monoisotopic (exact) mass is 1020 g/mol. The molecule has 0 spiro atoms. The van der Waals surface area contributed by atoms with Gasteiger partial charge in [0.2, 0.25) is 0 Å². The Bertz CT molecular complexity index is 3960. The molecule has 12 rings (SSSR count). The summed E-state index contributed by atoms with van der Waals surface area (Å²) in [4.78, 5) is 7.70. The number of aryl methyl sites for hydroxylation is 3. The number of fused-ring (bicyclic) bond motifs is 7. The molecule has 10 aromatic rings. The average Bonchev–Trinajstić information content (AvgIpc) is 3.82. The second-order valence-electron chi connectivity index (χ2n) is 26.6. The molecule has 2 aliphatic rings. The third kappa shape index (κ3) is 8.53. The zero-order valence-corrected chi connectivity index (χ0v) is 48.7. The van der Waals surface area contributed by atoms with Crippen LogP contribution in [0.4, 0.5) is 51.2 Å². The molecular weight excluding hydrogens is 944 g/mol. The van der Waals surface area contributed by atoms with E-state index < -0.39 is 0 Å². The van der Waals surface area contributed by atoms with Gasteiger partial charge in [0.25, 0.3) is 6.71 Å². The highest BCUT2D eigenvalue weighted by atomic mass is 15.2. The van der Waals surface area contributed by atoms with Gasteiger partial charge in [-0.3, -0.25) is 0 Å². The van der Waals surface area contributed by atoms with Crippen molar-refractivity contribution in [3.63, 3.8) is 0 Å². The van der Waals surface area contributed by atoms with Crippen LogP contribution in [0.25, 0.3) is 27.5 Å². The van der Waals surface area contributed by atoms with Crippen LogP contribution in [0.1, 0.15) is 122 Å². The number of para-hydroxylation sites is 2. The Morgan fingerprint density at radius 2 is 0.821 bits per heavy atom. The molecule has 0 unspecified atom stereocenters. The van der Waals surface area contributed by atoms with Crippen molar-refractivity contribution in [2.24, 2.45) is 0 Å². The molecule has 0 N–H and O–H groups in total. The molecule has 0 fully saturated rings. The Morgan fingerprint density at radius 3 is 1.37 bits per heavy atom. The van der Waals surface area contributed by atoms with Gasteiger partial charge in [-0.05, 0) is 183 Å². The zero-order chi connectivity index (χ0) is 55.0. The van der Waals surface area contributed by atoms with Crippen molar-refractivity contribution in [3.8, 4) is 5.69 Å². The minimum Gasteiger partial charge on any atom is -0.311 e. The average molecular weight is 1020 g/mol. The summed E-state index contributed by atoms with van der Waals surface area (Å²) in [6.07, 6.45) is 0. The standard InChI is InChI=1S/C73H75BN4/c1-46-39-66-68-67(40-46)78(55-32-27-50(28-33-55)71(7,8)9)65-45-57(35-38-61(65)74(68)60-37-29-51(72(10,11)12)43-64(60)77(66)54-30-25-49(26-31-54)70(4,5)6)75(69-47(2)41-52(42-48(69)3)73(13,14)15)56-34-36-59-58-23-19-20-24-62(58)76(63(59)44-56)53-21-17-16-18-22-53/h16-45H,1-15H3. The van der Waals surface area contributed by atoms with E-state index in [-0.39, 0.29) is 28.4 Å². The molecule has 4 nitrogen and oxygen atoms in total. The van der Waals surface area contributed by atoms with E-state index in [1.165, 1.54) is 111 Å². The van der Waals surface area contributed by atoms with Gasteiger partial charge in [-0.25, -0.2) is 0 Å². The van der Waals surface area contributed by atoms with Gasteiger partial charge in [0.1, 0.15) is 0 Å². The van der Waals surface area contributed by atoms with E-state index in [1.807, 2.05) is 0 Å². The second kappa shape index (κ2) is 18.2. The predicted molar refractivity (Wildman–Crippen MR) is 338 cm³/mol. The Kier molecular flexibility index (Phi) is 11.9. The molecule has 78 heavy (non-hydrogen) atoms. The lowest BCUT2D eigenvalue weighted by molar-refractivity contribution is 0.589. The van der Waals surface area contributed by atoms with E-state index >= 15 is 0 Å². The summed E-state index contributed by atoms with van der Waals surface area (Å²) < 4.78 is 2.44. The number of benzene rings is 9. The fourth-order valence-electron chi connectivity index (χ4n) is 12.6. The van der Waals surface area contributed by atoms with E-state index in [9.17, 15) is 0 Å². The van der Waals surface area contributed by atoms with Crippen LogP contribution in [0, 0.1) is 20.8 Å². The van der Waals surface area contributed by atoms with Crippen LogP contribution in [0.3, 0.4) is 0 Å². The topological polar surface area (TPSA) is 14.7 Å². The quantitative estimate of drug-likeness (QED) is 0.154. The molecule has 0 aliphatic carbocycles. The van der Waals surface area contributed by atoms with Crippen LogP contribution < -0.4 is 31.1 Å². The first-order chi connectivity index (χ1) is 37.0. The van der Waals surface area contributed by atoms with E-state index in [2.05, 4.69) is 305 Å². The minimum atomic E-state index is -0.0481. The summed E-state index contributed by atoms with van der Waals surface area (Å²) in [7, 11) is 0. The van der Waals surface area contributed by atoms with Crippen molar-refractivity contribution in [1.82, 2.24) is 4.57 Å². The lowest BCUT2D eigenvalue weighted by Gasteiger charge is -2.45. The first-order valence-corrected chi connectivity index (χ1v) is 28.2. The van der Waals surface area contributed by atoms with Crippen molar-refractivity contribution in [3.05, 3.63) is 221 Å². The summed E-state index contributed by atoms with van der Waals surface area (Å²) >= 11 is 0. The van der Waals surface area contributed by atoms with Gasteiger partial charge in [0.05, 0.1) is 16.7 Å². The van der Waals surface area contributed by atoms with Gasteiger partial charge in [-0.2, -0.15) is 0 Å². The molecule has 2 aliphatic heterocycles. The van der Waals surface area contributed by atoms with Crippen LogP contribution in [-0.4, -0.2) is 11.3 Å². The molecule has 5 heteroatoms. The van der Waals surface area contributed by atoms with Crippen molar-refractivity contribution in [1.29, 1.82) is 0 Å². The summed E-state index contributed by atoms with van der Waals surface area (Å²) in [5.74, 6) is 0. The maximum atomic E-state index is 2.58. The fourth-order valence-corrected chi connectivity index (χ4v) is 12.6. The van der Waals surface area contributed by atoms with E-state index in [4.69, 9.17) is 0 Å². The van der Waals surface area contributed by atoms with Crippen LogP contribution in [-0.2, 0) is 21.7 Å². The molecule has 9 aromatic carbocycles. The van der Waals surface area contributed by atoms with Gasteiger partial charge >= 0.3 is 0 Å². The Hall–Kier alpha value is -7.76. The fraction of sp³-hybridized carbons (Fsp3) is 0.260. The lowest BCUT2D eigenvalue weighted by Crippen LogP contribution is -2.61. The summed E-state index contributed by atoms with van der Waals surface area (Å²) in [6.45, 7) is 34.6. The van der Waals surface area contributed by atoms with Crippen molar-refractivity contribution < 1.29 is 0 Å². The van der Waals surface area contributed by atoms with Gasteiger partial charge in [0, 0.05) is 62.0 Å². The third-order valence-corrected chi connectivity index (χ3v) is 16.8. The first-order valence-electron chi connectivity index (χ1n) is 28.2. The lowest BCUT2D eigenvalue weighted by atomic mass is 9.33. The molecule has 0 bridgehead atoms. The molecule has 0 atom stereocenters. The Labute approximate surface area is 465 Å². The number of rotatable bonds is 6. The molecular formula is C73H75BN4. The second-order valence-corrected chi connectivity index (χ2v) is 26.6. The van der Waals surface area contributed by atoms with Crippen LogP contribution in [0.5, 0.6) is 0 Å². The van der Waals surface area contributed by atoms with E-state index in [1.54, 1.807) is 0 Å². The van der Waals surface area contributed by atoms with Crippen molar-refractivity contribution in [2.75, 3.05) is 14.7 Å².